The molecule has 0 aliphatic rings. The Labute approximate surface area is 147 Å². The number of esters is 1. The van der Waals surface area contributed by atoms with Crippen molar-refractivity contribution >= 4 is 23.0 Å². The Morgan fingerprint density at radius 2 is 1.88 bits per heavy atom. The van der Waals surface area contributed by atoms with Crippen molar-refractivity contribution in [2.24, 2.45) is 0 Å². The minimum absolute atomic E-state index is 0.0169. The van der Waals surface area contributed by atoms with Crippen LogP contribution in [0.15, 0.2) is 59.5 Å². The Hall–Kier alpha value is -2.95. The number of hydrogen-bond donors (Lipinski definition) is 1. The number of carbonyl (C=O) groups excluding carboxylic acids is 2. The van der Waals surface area contributed by atoms with Crippen LogP contribution in [0.1, 0.15) is 15.9 Å². The lowest BCUT2D eigenvalue weighted by molar-refractivity contribution is -0.137. The molecule has 0 heterocycles. The largest absolute Gasteiger partial charge is 0.768 e. The van der Waals surface area contributed by atoms with E-state index in [1.54, 1.807) is 0 Å². The molecule has 2 aromatic carbocycles. The average Bonchev–Trinajstić information content (AvgIpc) is 2.64. The molecule has 128 valence electrons. The van der Waals surface area contributed by atoms with Gasteiger partial charge in [0.25, 0.3) is 5.91 Å². The number of nitrogens with one attached hydrogen (secondary N) is 1. The summed E-state index contributed by atoms with van der Waals surface area (Å²) >= 11 is -2.41. The highest BCUT2D eigenvalue weighted by molar-refractivity contribution is 7.79. The molecule has 0 bridgehead atoms. The molecule has 0 radical (unpaired) electrons. The van der Waals surface area contributed by atoms with E-state index in [9.17, 15) is 18.4 Å². The molecule has 25 heavy (non-hydrogen) atoms. The number of rotatable bonds is 5. The van der Waals surface area contributed by atoms with Gasteiger partial charge in [-0.3, -0.25) is 9.00 Å². The maximum absolute atomic E-state index is 11.9. The van der Waals surface area contributed by atoms with E-state index < -0.39 is 23.0 Å². The van der Waals surface area contributed by atoms with Crippen molar-refractivity contribution in [3.63, 3.8) is 0 Å². The molecule has 0 aliphatic carbocycles. The quantitative estimate of drug-likeness (QED) is 0.378. The number of hydrogen-bond acceptors (Lipinski definition) is 5. The Balaban J connectivity index is 1.79. The first kappa shape index (κ1) is 18.4. The topological polar surface area (TPSA) is 95.5 Å². The van der Waals surface area contributed by atoms with Crippen LogP contribution in [0.5, 0.6) is 0 Å². The normalized spacial score (nSPS) is 10.9. The predicted octanol–water partition coefficient (Wildman–Crippen LogP) is 1.40. The Morgan fingerprint density at radius 3 is 2.60 bits per heavy atom. The van der Waals surface area contributed by atoms with Crippen LogP contribution in [0, 0.1) is 11.8 Å². The molecule has 2 rings (SSSR count). The summed E-state index contributed by atoms with van der Waals surface area (Å²) in [4.78, 5) is 23.4. The number of ether oxygens (including phenoxy) is 1. The Kier molecular flexibility index (Phi) is 6.89. The third-order valence-electron chi connectivity index (χ3n) is 3.03. The molecule has 1 unspecified atom stereocenters. The van der Waals surface area contributed by atoms with Crippen LogP contribution in [0.2, 0.25) is 0 Å². The van der Waals surface area contributed by atoms with Crippen LogP contribution in [-0.4, -0.2) is 27.2 Å². The van der Waals surface area contributed by atoms with Gasteiger partial charge in [-0.05, 0) is 34.8 Å². The van der Waals surface area contributed by atoms with E-state index in [4.69, 9.17) is 4.74 Å². The molecule has 0 spiro atoms. The van der Waals surface area contributed by atoms with Crippen LogP contribution < -0.4 is 5.32 Å². The second-order valence-electron chi connectivity index (χ2n) is 4.81. The maximum Gasteiger partial charge on any atom is 0.384 e. The van der Waals surface area contributed by atoms with Crippen LogP contribution >= 0.6 is 0 Å². The van der Waals surface area contributed by atoms with Crippen LogP contribution in [-0.2, 0) is 27.2 Å². The zero-order valence-corrected chi connectivity index (χ0v) is 13.9. The monoisotopic (exact) mass is 356 g/mol. The van der Waals surface area contributed by atoms with E-state index in [1.165, 1.54) is 24.3 Å². The molecule has 6 nitrogen and oxygen atoms in total. The molecule has 7 heteroatoms. The molecule has 1 N–H and O–H groups in total. The molecule has 2 aromatic rings. The summed E-state index contributed by atoms with van der Waals surface area (Å²) in [7, 11) is 0. The van der Waals surface area contributed by atoms with Gasteiger partial charge in [-0.1, -0.05) is 42.3 Å². The fourth-order valence-electron chi connectivity index (χ4n) is 1.84. The second kappa shape index (κ2) is 9.37. The SMILES string of the molecule is O=C(C#CCNC(=O)c1cccc(S(=O)[O-])c1)OCc1ccccc1. The first-order chi connectivity index (χ1) is 12.1. The van der Waals surface area contributed by atoms with Gasteiger partial charge in [-0.2, -0.15) is 0 Å². The van der Waals surface area contributed by atoms with Crippen molar-refractivity contribution < 1.29 is 23.1 Å². The van der Waals surface area contributed by atoms with Crippen molar-refractivity contribution in [1.29, 1.82) is 0 Å². The first-order valence-corrected chi connectivity index (χ1v) is 8.31. The molecular formula is C18H14NO5S-. The molecule has 0 aliphatic heterocycles. The lowest BCUT2D eigenvalue weighted by atomic mass is 10.2. The van der Waals surface area contributed by atoms with Crippen molar-refractivity contribution in [1.82, 2.24) is 5.32 Å². The van der Waals surface area contributed by atoms with Crippen molar-refractivity contribution in [3.8, 4) is 11.8 Å². The Bertz CT molecular complexity index is 839. The fraction of sp³-hybridized carbons (Fsp3) is 0.111. The predicted molar refractivity (Wildman–Crippen MR) is 90.0 cm³/mol. The van der Waals surface area contributed by atoms with E-state index in [0.29, 0.717) is 0 Å². The first-order valence-electron chi connectivity index (χ1n) is 7.23. The lowest BCUT2D eigenvalue weighted by Crippen LogP contribution is -2.23. The van der Waals surface area contributed by atoms with Crippen LogP contribution in [0.3, 0.4) is 0 Å². The fourth-order valence-corrected chi connectivity index (χ4v) is 2.26. The Morgan fingerprint density at radius 1 is 1.12 bits per heavy atom. The summed E-state index contributed by atoms with van der Waals surface area (Å²) in [5.41, 5.74) is 1.04. The molecule has 1 amide bonds. The summed E-state index contributed by atoms with van der Waals surface area (Å²) in [6.07, 6.45) is 0. The third-order valence-corrected chi connectivity index (χ3v) is 3.67. The highest BCUT2D eigenvalue weighted by Gasteiger charge is 2.05. The summed E-state index contributed by atoms with van der Waals surface area (Å²) in [6.45, 7) is 0.0593. The van der Waals surface area contributed by atoms with Crippen LogP contribution in [0.4, 0.5) is 0 Å². The smallest absolute Gasteiger partial charge is 0.384 e. The minimum atomic E-state index is -2.41. The van der Waals surface area contributed by atoms with Gasteiger partial charge in [0, 0.05) is 16.4 Å². The van der Waals surface area contributed by atoms with Crippen LogP contribution in [0.25, 0.3) is 0 Å². The zero-order chi connectivity index (χ0) is 18.1. The summed E-state index contributed by atoms with van der Waals surface area (Å²) in [5, 5.41) is 2.47. The molecular weight excluding hydrogens is 342 g/mol. The van der Waals surface area contributed by atoms with Gasteiger partial charge in [-0.15, -0.1) is 0 Å². The molecule has 0 fully saturated rings. The van der Waals surface area contributed by atoms with Gasteiger partial charge in [-0.25, -0.2) is 4.79 Å². The van der Waals surface area contributed by atoms with E-state index >= 15 is 0 Å². The van der Waals surface area contributed by atoms with E-state index in [2.05, 4.69) is 17.2 Å². The average molecular weight is 356 g/mol. The number of carbonyl (C=O) groups is 2. The number of benzene rings is 2. The molecule has 0 saturated heterocycles. The van der Waals surface area contributed by atoms with Crippen molar-refractivity contribution in [3.05, 3.63) is 65.7 Å². The highest BCUT2D eigenvalue weighted by atomic mass is 32.2. The van der Waals surface area contributed by atoms with Gasteiger partial charge >= 0.3 is 5.97 Å². The lowest BCUT2D eigenvalue weighted by Gasteiger charge is -2.07. The zero-order valence-electron chi connectivity index (χ0n) is 13.1. The maximum atomic E-state index is 11.9. The van der Waals surface area contributed by atoms with E-state index in [1.807, 2.05) is 30.3 Å². The van der Waals surface area contributed by atoms with Gasteiger partial charge in [0.05, 0.1) is 6.54 Å². The van der Waals surface area contributed by atoms with Gasteiger partial charge in [0.1, 0.15) is 6.61 Å². The number of amides is 1. The molecule has 1 atom stereocenters. The highest BCUT2D eigenvalue weighted by Crippen LogP contribution is 2.08. The van der Waals surface area contributed by atoms with Crippen molar-refractivity contribution in [2.45, 2.75) is 11.5 Å². The molecule has 0 aromatic heterocycles. The summed E-state index contributed by atoms with van der Waals surface area (Å²) in [5.74, 6) is 3.57. The van der Waals surface area contributed by atoms with Gasteiger partial charge in [0.2, 0.25) is 0 Å². The van der Waals surface area contributed by atoms with E-state index in [0.717, 1.165) is 5.56 Å². The molecule has 0 saturated carbocycles. The second-order valence-corrected chi connectivity index (χ2v) is 5.75. The van der Waals surface area contributed by atoms with E-state index in [-0.39, 0.29) is 23.6 Å². The summed E-state index contributed by atoms with van der Waals surface area (Å²) < 4.78 is 26.7. The summed E-state index contributed by atoms with van der Waals surface area (Å²) in [6, 6.07) is 14.7. The standard InChI is InChI=1S/C18H15NO5S/c20-17(24-13-14-6-2-1-3-7-14)10-5-11-19-18(21)15-8-4-9-16(12-15)25(22)23/h1-4,6-9,12H,11,13H2,(H,19,21)(H,22,23)/p-1. The third kappa shape index (κ3) is 6.22. The van der Waals surface area contributed by atoms with Gasteiger partial charge in [0.15, 0.2) is 0 Å². The van der Waals surface area contributed by atoms with Gasteiger partial charge < -0.3 is 14.6 Å². The van der Waals surface area contributed by atoms with Crippen molar-refractivity contribution in [2.75, 3.05) is 6.54 Å². The minimum Gasteiger partial charge on any atom is -0.768 e.